The molecule has 1 aromatic heterocycles. The molecule has 72 heavy (non-hydrogen) atoms. The van der Waals surface area contributed by atoms with Crippen molar-refractivity contribution < 1.29 is 69.2 Å². The minimum absolute atomic E-state index is 0. The van der Waals surface area contributed by atoms with Crippen LogP contribution in [0.5, 0.6) is 23.0 Å². The van der Waals surface area contributed by atoms with Gasteiger partial charge in [-0.1, -0.05) is 48.9 Å². The van der Waals surface area contributed by atoms with Crippen molar-refractivity contribution in [3.8, 4) is 23.0 Å². The third-order valence-corrected chi connectivity index (χ3v) is 13.6. The monoisotopic (exact) mass is 1090 g/mol. The van der Waals surface area contributed by atoms with Gasteiger partial charge < -0.3 is 30.8 Å². The Labute approximate surface area is 429 Å². The SMILES string of the molecule is CCCS(=O)(=O)c1ccc(Cc2nc(Cl)nc(Nc3ccc4ccc(N=Nc5cc([N+](=O)[O-])ccc5O)c(O)c4c3)n2)cc1.O=S(=O)(O)c1ccc2c(O)c(N=Nc3cc(CO)c(Cl)cc3O)ccc2c1.[Cr]. The fourth-order valence-electron chi connectivity index (χ4n) is 6.73. The number of non-ortho nitro benzene ring substituents is 1. The first-order valence-corrected chi connectivity index (χ1v) is 24.5. The second-order valence-electron chi connectivity index (χ2n) is 15.2. The maximum atomic E-state index is 12.3. The standard InChI is InChI=1S/C29H24ClN7O6S.C17H13ClN2O6S.Cr/c1-2-13-44(42,43)21-9-3-17(4-10-21)14-26-32-28(30)34-29(33-26)31-19-7-5-18-6-11-23(27(39)22(18)15-19)35-36-24-16-20(37(40)41)8-12-25(24)38;18-13-7-16(22)15(6-10(13)8-21)20-19-14-4-1-9-5-11(27(24,25)26)2-3-12(9)17(14)23;/h3-12,15-16,38-39H,2,13-14H2,1H3,(H,31,32,33,34);1-7,21-23H,8H2,(H,24,25,26);. The Morgan fingerprint density at radius 3 is 1.92 bits per heavy atom. The second kappa shape index (κ2) is 22.8. The van der Waals surface area contributed by atoms with E-state index < -0.39 is 24.9 Å². The van der Waals surface area contributed by atoms with Crippen LogP contribution in [-0.2, 0) is 50.3 Å². The summed E-state index contributed by atoms with van der Waals surface area (Å²) >= 11 is 12.0. The number of nitro benzene ring substituents is 1. The summed E-state index contributed by atoms with van der Waals surface area (Å²) in [5.74, 6) is -0.441. The number of phenols is 4. The molecule has 0 aliphatic carbocycles. The fourth-order valence-corrected chi connectivity index (χ4v) is 8.96. The van der Waals surface area contributed by atoms with Crippen LogP contribution in [0.25, 0.3) is 21.5 Å². The number of aliphatic hydroxyl groups excluding tert-OH is 1. The minimum atomic E-state index is -4.36. The van der Waals surface area contributed by atoms with Crippen molar-refractivity contribution in [2.75, 3.05) is 11.1 Å². The predicted octanol–water partition coefficient (Wildman–Crippen LogP) is 11.0. The third-order valence-electron chi connectivity index (χ3n) is 10.3. The number of halogens is 2. The number of phenolic OH excluding ortho intramolecular Hbond substituents is 4. The predicted molar refractivity (Wildman–Crippen MR) is 263 cm³/mol. The van der Waals surface area contributed by atoms with E-state index in [2.05, 4.69) is 40.7 Å². The molecule has 8 aromatic rings. The van der Waals surface area contributed by atoms with E-state index in [-0.39, 0.29) is 114 Å². The number of anilines is 2. The van der Waals surface area contributed by atoms with Gasteiger partial charge in [-0.25, -0.2) is 13.4 Å². The number of azo groups is 2. The number of aromatic hydroxyl groups is 4. The molecular weight excluding hydrogens is 1060 g/mol. The number of hydrogen-bond acceptors (Lipinski definition) is 19. The second-order valence-corrected chi connectivity index (χ2v) is 19.5. The zero-order valence-electron chi connectivity index (χ0n) is 37.0. The Morgan fingerprint density at radius 1 is 0.667 bits per heavy atom. The van der Waals surface area contributed by atoms with Crippen LogP contribution in [-0.4, -0.2) is 72.5 Å². The molecule has 0 bridgehead atoms. The van der Waals surface area contributed by atoms with Gasteiger partial charge in [0.1, 0.15) is 40.1 Å². The number of nitro groups is 1. The molecule has 0 radical (unpaired) electrons. The van der Waals surface area contributed by atoms with E-state index in [0.29, 0.717) is 45.0 Å². The number of nitrogens with zero attached hydrogens (tertiary/aromatic N) is 8. The van der Waals surface area contributed by atoms with Gasteiger partial charge in [-0.3, -0.25) is 14.7 Å². The van der Waals surface area contributed by atoms with E-state index >= 15 is 0 Å². The fraction of sp³-hybridized carbons (Fsp3) is 0.109. The van der Waals surface area contributed by atoms with E-state index in [1.54, 1.807) is 48.5 Å². The molecule has 7 aromatic carbocycles. The third kappa shape index (κ3) is 12.9. The molecule has 8 rings (SSSR count). The Morgan fingerprint density at radius 2 is 1.28 bits per heavy atom. The van der Waals surface area contributed by atoms with Crippen molar-refractivity contribution in [3.05, 3.63) is 153 Å². The summed E-state index contributed by atoms with van der Waals surface area (Å²) in [4.78, 5) is 23.1. The van der Waals surface area contributed by atoms with Gasteiger partial charge in [0.2, 0.25) is 11.2 Å². The van der Waals surface area contributed by atoms with Crippen LogP contribution in [0.4, 0.5) is 40.1 Å². The molecule has 0 unspecified atom stereocenters. The zero-order chi connectivity index (χ0) is 51.2. The largest absolute Gasteiger partial charge is 0.506 e. The molecule has 21 nitrogen and oxygen atoms in total. The van der Waals surface area contributed by atoms with Crippen molar-refractivity contribution >= 4 is 105 Å². The maximum absolute atomic E-state index is 12.3. The van der Waals surface area contributed by atoms with E-state index in [1.807, 2.05) is 6.92 Å². The van der Waals surface area contributed by atoms with Crippen molar-refractivity contribution in [1.82, 2.24) is 15.0 Å². The molecule has 0 aliphatic rings. The first-order chi connectivity index (χ1) is 33.7. The van der Waals surface area contributed by atoms with Crippen LogP contribution in [0.15, 0.2) is 146 Å². The molecule has 0 atom stereocenters. The van der Waals surface area contributed by atoms with Gasteiger partial charge in [0, 0.05) is 63.5 Å². The van der Waals surface area contributed by atoms with Crippen molar-refractivity contribution in [2.45, 2.75) is 36.2 Å². The van der Waals surface area contributed by atoms with E-state index in [1.165, 1.54) is 42.5 Å². The Bertz CT molecular complexity index is 3670. The summed E-state index contributed by atoms with van der Waals surface area (Å²) < 4.78 is 56.1. The molecule has 0 spiro atoms. The van der Waals surface area contributed by atoms with Crippen LogP contribution >= 0.6 is 23.2 Å². The number of aliphatic hydroxyl groups is 1. The summed E-state index contributed by atoms with van der Waals surface area (Å²) in [5.41, 5.74) is 1.43. The number of hydrogen-bond donors (Lipinski definition) is 7. The maximum Gasteiger partial charge on any atom is 0.294 e. The molecule has 0 amide bonds. The molecule has 0 aliphatic heterocycles. The molecule has 1 heterocycles. The van der Waals surface area contributed by atoms with E-state index in [4.69, 9.17) is 27.8 Å². The van der Waals surface area contributed by atoms with Gasteiger partial charge >= 0.3 is 0 Å². The summed E-state index contributed by atoms with van der Waals surface area (Å²) in [6.07, 6.45) is 0.804. The van der Waals surface area contributed by atoms with Crippen LogP contribution in [0.2, 0.25) is 10.3 Å². The minimum Gasteiger partial charge on any atom is -0.506 e. The topological polar surface area (TPSA) is 333 Å². The number of sulfone groups is 1. The number of aromatic nitrogens is 3. The van der Waals surface area contributed by atoms with Gasteiger partial charge in [0.05, 0.1) is 27.1 Å². The molecule has 7 N–H and O–H groups in total. The van der Waals surface area contributed by atoms with Gasteiger partial charge in [-0.05, 0) is 107 Å². The molecule has 26 heteroatoms. The van der Waals surface area contributed by atoms with Gasteiger partial charge in [-0.15, -0.1) is 20.5 Å². The smallest absolute Gasteiger partial charge is 0.294 e. The molecule has 0 saturated carbocycles. The van der Waals surface area contributed by atoms with Gasteiger partial charge in [0.15, 0.2) is 21.3 Å². The Kier molecular flexibility index (Phi) is 17.1. The number of benzene rings is 7. The first-order valence-electron chi connectivity index (χ1n) is 20.6. The Hall–Kier alpha value is -7.40. The van der Waals surface area contributed by atoms with Crippen LogP contribution in [0.3, 0.4) is 0 Å². The zero-order valence-corrected chi connectivity index (χ0v) is 41.4. The first kappa shape index (κ1) is 53.9. The molecule has 370 valence electrons. The van der Waals surface area contributed by atoms with Crippen LogP contribution in [0, 0.1) is 10.1 Å². The summed E-state index contributed by atoms with van der Waals surface area (Å²) in [6, 6.07) is 27.4. The van der Waals surface area contributed by atoms with Gasteiger partial charge in [0.25, 0.3) is 15.8 Å². The summed E-state index contributed by atoms with van der Waals surface area (Å²) in [5, 5.41) is 82.0. The van der Waals surface area contributed by atoms with Crippen molar-refractivity contribution in [3.63, 3.8) is 0 Å². The number of nitrogens with one attached hydrogen (secondary N) is 1. The van der Waals surface area contributed by atoms with Crippen LogP contribution < -0.4 is 5.32 Å². The number of rotatable bonds is 14. The molecular formula is C46H37Cl2CrN9O12S2. The van der Waals surface area contributed by atoms with E-state index in [9.17, 15) is 52.5 Å². The van der Waals surface area contributed by atoms with Crippen molar-refractivity contribution in [1.29, 1.82) is 0 Å². The van der Waals surface area contributed by atoms with Crippen LogP contribution in [0.1, 0.15) is 30.3 Å². The number of fused-ring (bicyclic) bond motifs is 2. The summed E-state index contributed by atoms with van der Waals surface area (Å²) in [6.45, 7) is 1.46. The van der Waals surface area contributed by atoms with E-state index in [0.717, 1.165) is 29.8 Å². The van der Waals surface area contributed by atoms with Gasteiger partial charge in [-0.2, -0.15) is 18.4 Å². The Balaban J connectivity index is 0.000000259. The normalized spacial score (nSPS) is 11.7. The molecule has 0 fully saturated rings. The molecule has 0 saturated heterocycles. The quantitative estimate of drug-likeness (QED) is 0.0230. The van der Waals surface area contributed by atoms with Crippen molar-refractivity contribution in [2.24, 2.45) is 20.5 Å². The average molecular weight is 1090 g/mol. The average Bonchev–Trinajstić information content (AvgIpc) is 3.32. The summed E-state index contributed by atoms with van der Waals surface area (Å²) in [7, 11) is -7.69.